The molecule has 2 fully saturated rings. The van der Waals surface area contributed by atoms with Gasteiger partial charge < -0.3 is 10.6 Å². The number of hydrogen-bond donors (Lipinski definition) is 1. The molecule has 3 nitrogen and oxygen atoms in total. The summed E-state index contributed by atoms with van der Waals surface area (Å²) in [5.74, 6) is 1.23. The summed E-state index contributed by atoms with van der Waals surface area (Å²) < 4.78 is 0. The van der Waals surface area contributed by atoms with Crippen molar-refractivity contribution in [2.75, 3.05) is 13.1 Å². The number of likely N-dealkylation sites (tertiary alicyclic amines) is 1. The zero-order valence-corrected chi connectivity index (χ0v) is 10.8. The van der Waals surface area contributed by atoms with E-state index in [1.807, 2.05) is 4.90 Å². The van der Waals surface area contributed by atoms with E-state index in [2.05, 4.69) is 6.92 Å². The largest absolute Gasteiger partial charge is 0.342 e. The first kappa shape index (κ1) is 13.8. The van der Waals surface area contributed by atoms with Gasteiger partial charge in [0.2, 0.25) is 5.91 Å². The minimum Gasteiger partial charge on any atom is -0.342 e. The summed E-state index contributed by atoms with van der Waals surface area (Å²) in [4.78, 5) is 14.2. The van der Waals surface area contributed by atoms with Crippen LogP contribution in [0.4, 0.5) is 0 Å². The molecule has 2 aliphatic rings. The molecular formula is C12H23ClN2O. The van der Waals surface area contributed by atoms with Crippen LogP contribution in [0.25, 0.3) is 0 Å². The molecule has 2 atom stereocenters. The Labute approximate surface area is 104 Å². The molecule has 2 N–H and O–H groups in total. The Morgan fingerprint density at radius 1 is 1.19 bits per heavy atom. The first-order chi connectivity index (χ1) is 7.18. The van der Waals surface area contributed by atoms with E-state index in [0.717, 1.165) is 51.1 Å². The van der Waals surface area contributed by atoms with Crippen molar-refractivity contribution in [3.63, 3.8) is 0 Å². The highest BCUT2D eigenvalue weighted by Gasteiger charge is 2.34. The van der Waals surface area contributed by atoms with Crippen LogP contribution in [0, 0.1) is 11.8 Å². The zero-order chi connectivity index (χ0) is 10.8. The summed E-state index contributed by atoms with van der Waals surface area (Å²) >= 11 is 0. The third-order valence-corrected chi connectivity index (χ3v) is 3.98. The van der Waals surface area contributed by atoms with Crippen LogP contribution in [0.3, 0.4) is 0 Å². The number of hydrogen-bond acceptors (Lipinski definition) is 2. The number of carbonyl (C=O) groups is 1. The van der Waals surface area contributed by atoms with Gasteiger partial charge in [0.1, 0.15) is 0 Å². The molecular weight excluding hydrogens is 224 g/mol. The maximum atomic E-state index is 12.2. The molecule has 0 spiro atoms. The number of piperidine rings is 1. The highest BCUT2D eigenvalue weighted by Crippen LogP contribution is 2.27. The second-order valence-corrected chi connectivity index (χ2v) is 5.21. The van der Waals surface area contributed by atoms with Crippen molar-refractivity contribution in [1.82, 2.24) is 4.90 Å². The molecule has 0 bridgehead atoms. The van der Waals surface area contributed by atoms with E-state index in [9.17, 15) is 4.79 Å². The zero-order valence-electron chi connectivity index (χ0n) is 10.0. The van der Waals surface area contributed by atoms with Gasteiger partial charge >= 0.3 is 0 Å². The standard InChI is InChI=1S/C12H22N2O.ClH/c1-9-5-7-14(8-6-9)12(15)10-3-2-4-11(10)13;/h9-11H,2-8,13H2,1H3;1H. The van der Waals surface area contributed by atoms with Crippen molar-refractivity contribution in [2.45, 2.75) is 45.1 Å². The molecule has 0 aromatic rings. The van der Waals surface area contributed by atoms with Gasteiger partial charge in [0.25, 0.3) is 0 Å². The van der Waals surface area contributed by atoms with Crippen LogP contribution >= 0.6 is 12.4 Å². The Morgan fingerprint density at radius 2 is 1.81 bits per heavy atom. The lowest BCUT2D eigenvalue weighted by atomic mass is 9.96. The van der Waals surface area contributed by atoms with Crippen LogP contribution < -0.4 is 5.73 Å². The minimum absolute atomic E-state index is 0. The maximum absolute atomic E-state index is 12.2. The Hall–Kier alpha value is -0.280. The topological polar surface area (TPSA) is 46.3 Å². The minimum atomic E-state index is 0. The predicted molar refractivity (Wildman–Crippen MR) is 67.5 cm³/mol. The highest BCUT2D eigenvalue weighted by molar-refractivity contribution is 5.85. The van der Waals surface area contributed by atoms with Gasteiger partial charge in [0.05, 0.1) is 5.92 Å². The fraction of sp³-hybridized carbons (Fsp3) is 0.917. The second-order valence-electron chi connectivity index (χ2n) is 5.21. The first-order valence-electron chi connectivity index (χ1n) is 6.23. The predicted octanol–water partition coefficient (Wildman–Crippen LogP) is 1.79. The van der Waals surface area contributed by atoms with Crippen molar-refractivity contribution in [3.8, 4) is 0 Å². The van der Waals surface area contributed by atoms with E-state index in [1.165, 1.54) is 0 Å². The molecule has 0 aromatic heterocycles. The molecule has 1 heterocycles. The van der Waals surface area contributed by atoms with Crippen LogP contribution in [0.1, 0.15) is 39.0 Å². The Kier molecular flexibility index (Phi) is 5.06. The number of nitrogens with zero attached hydrogens (tertiary/aromatic N) is 1. The SMILES string of the molecule is CC1CCN(C(=O)C2CCCC2N)CC1.Cl. The van der Waals surface area contributed by atoms with Crippen LogP contribution in [0.5, 0.6) is 0 Å². The monoisotopic (exact) mass is 246 g/mol. The smallest absolute Gasteiger partial charge is 0.227 e. The fourth-order valence-electron chi connectivity index (χ4n) is 2.76. The number of halogens is 1. The Balaban J connectivity index is 0.00000128. The van der Waals surface area contributed by atoms with E-state index < -0.39 is 0 Å². The van der Waals surface area contributed by atoms with Crippen LogP contribution in [0.15, 0.2) is 0 Å². The molecule has 2 unspecified atom stereocenters. The van der Waals surface area contributed by atoms with Crippen molar-refractivity contribution in [1.29, 1.82) is 0 Å². The fourth-order valence-corrected chi connectivity index (χ4v) is 2.76. The van der Waals surface area contributed by atoms with Gasteiger partial charge in [0.15, 0.2) is 0 Å². The molecule has 0 radical (unpaired) electrons. The lowest BCUT2D eigenvalue weighted by Crippen LogP contribution is -2.45. The van der Waals surface area contributed by atoms with Crippen LogP contribution in [-0.2, 0) is 4.79 Å². The van der Waals surface area contributed by atoms with Crippen molar-refractivity contribution in [2.24, 2.45) is 17.6 Å². The lowest BCUT2D eigenvalue weighted by Gasteiger charge is -2.33. The van der Waals surface area contributed by atoms with Gasteiger partial charge in [-0.25, -0.2) is 0 Å². The summed E-state index contributed by atoms with van der Waals surface area (Å²) in [5, 5.41) is 0. The van der Waals surface area contributed by atoms with Crippen LogP contribution in [-0.4, -0.2) is 29.9 Å². The third-order valence-electron chi connectivity index (χ3n) is 3.98. The highest BCUT2D eigenvalue weighted by atomic mass is 35.5. The molecule has 4 heteroatoms. The average molecular weight is 247 g/mol. The van der Waals surface area contributed by atoms with Gasteiger partial charge in [-0.1, -0.05) is 13.3 Å². The summed E-state index contributed by atoms with van der Waals surface area (Å²) in [6.07, 6.45) is 5.48. The van der Waals surface area contributed by atoms with Gasteiger partial charge in [-0.05, 0) is 31.6 Å². The number of nitrogens with two attached hydrogens (primary N) is 1. The van der Waals surface area contributed by atoms with Crippen molar-refractivity contribution >= 4 is 18.3 Å². The summed E-state index contributed by atoms with van der Waals surface area (Å²) in [6.45, 7) is 4.16. The summed E-state index contributed by atoms with van der Waals surface area (Å²) in [7, 11) is 0. The molecule has 0 aromatic carbocycles. The number of rotatable bonds is 1. The normalized spacial score (nSPS) is 31.2. The van der Waals surface area contributed by atoms with Gasteiger partial charge in [-0.3, -0.25) is 4.79 Å². The molecule has 1 aliphatic heterocycles. The molecule has 1 saturated carbocycles. The van der Waals surface area contributed by atoms with Gasteiger partial charge in [0, 0.05) is 19.1 Å². The van der Waals surface area contributed by atoms with E-state index in [4.69, 9.17) is 5.73 Å². The maximum Gasteiger partial charge on any atom is 0.227 e. The number of carbonyl (C=O) groups excluding carboxylic acids is 1. The number of amides is 1. The van der Waals surface area contributed by atoms with E-state index in [0.29, 0.717) is 5.91 Å². The Bertz CT molecular complexity index is 239. The van der Waals surface area contributed by atoms with Gasteiger partial charge in [-0.15, -0.1) is 12.4 Å². The summed E-state index contributed by atoms with van der Waals surface area (Å²) in [6, 6.07) is 0.122. The molecule has 2 rings (SSSR count). The average Bonchev–Trinajstić information content (AvgIpc) is 2.65. The summed E-state index contributed by atoms with van der Waals surface area (Å²) in [5.41, 5.74) is 5.97. The Morgan fingerprint density at radius 3 is 2.31 bits per heavy atom. The molecule has 94 valence electrons. The van der Waals surface area contributed by atoms with E-state index in [1.54, 1.807) is 0 Å². The van der Waals surface area contributed by atoms with Crippen LogP contribution in [0.2, 0.25) is 0 Å². The third kappa shape index (κ3) is 2.89. The first-order valence-corrected chi connectivity index (χ1v) is 6.23. The quantitative estimate of drug-likeness (QED) is 0.767. The van der Waals surface area contributed by atoms with Gasteiger partial charge in [-0.2, -0.15) is 0 Å². The second kappa shape index (κ2) is 5.87. The van der Waals surface area contributed by atoms with Crippen molar-refractivity contribution in [3.05, 3.63) is 0 Å². The van der Waals surface area contributed by atoms with E-state index in [-0.39, 0.29) is 24.4 Å². The van der Waals surface area contributed by atoms with E-state index >= 15 is 0 Å². The van der Waals surface area contributed by atoms with Crippen molar-refractivity contribution < 1.29 is 4.79 Å². The molecule has 16 heavy (non-hydrogen) atoms. The molecule has 1 aliphatic carbocycles. The molecule has 1 amide bonds. The molecule has 1 saturated heterocycles. The lowest BCUT2D eigenvalue weighted by molar-refractivity contribution is -0.137.